The van der Waals surface area contributed by atoms with Gasteiger partial charge in [-0.3, -0.25) is 18.9 Å². The third kappa shape index (κ3) is 3.07. The van der Waals surface area contributed by atoms with Gasteiger partial charge in [-0.2, -0.15) is 5.10 Å². The van der Waals surface area contributed by atoms with Crippen LogP contribution in [0.15, 0.2) is 35.1 Å². The molecular weight excluding hydrogens is 402 g/mol. The topological polar surface area (TPSA) is 112 Å². The Morgan fingerprint density at radius 1 is 1.16 bits per heavy atom. The predicted molar refractivity (Wildman–Crippen MR) is 107 cm³/mol. The smallest absolute Gasteiger partial charge is 0.409 e. The highest BCUT2D eigenvalue weighted by atomic mass is 16.5. The predicted octanol–water partition coefficient (Wildman–Crippen LogP) is 1.49. The maximum atomic E-state index is 13.0. The average molecular weight is 425 g/mol. The first kappa shape index (κ1) is 19.3. The van der Waals surface area contributed by atoms with E-state index in [9.17, 15) is 9.59 Å². The van der Waals surface area contributed by atoms with Crippen molar-refractivity contribution in [1.82, 2.24) is 34.3 Å². The molecule has 5 rings (SSSR count). The van der Waals surface area contributed by atoms with Crippen molar-refractivity contribution in [2.75, 3.05) is 26.7 Å². The van der Waals surface area contributed by atoms with Crippen LogP contribution in [0.25, 0.3) is 11.6 Å². The second-order valence-corrected chi connectivity index (χ2v) is 7.94. The number of piperidine rings is 1. The standard InChI is InChI=1S/C20H23N7O4/c1-24-14(5-8-21-24)18(28)25-9-6-20(7-10-25)13-26(19(29)30-2)12-16-22-23-17(27(16)20)15-4-3-11-31-15/h3-5,8,11H,6-7,9-10,12-13H2,1-2H3. The van der Waals surface area contributed by atoms with Gasteiger partial charge in [-0.05, 0) is 31.0 Å². The fraction of sp³-hybridized carbons (Fsp3) is 0.450. The fourth-order valence-electron chi connectivity index (χ4n) is 4.65. The number of rotatable bonds is 2. The van der Waals surface area contributed by atoms with E-state index in [0.717, 1.165) is 0 Å². The molecule has 0 radical (unpaired) electrons. The number of nitrogens with zero attached hydrogens (tertiary/aromatic N) is 7. The van der Waals surface area contributed by atoms with Gasteiger partial charge in [0.1, 0.15) is 5.69 Å². The molecule has 1 saturated heterocycles. The number of ether oxygens (including phenoxy) is 1. The van der Waals surface area contributed by atoms with Gasteiger partial charge in [-0.1, -0.05) is 0 Å². The molecule has 0 bridgehead atoms. The van der Waals surface area contributed by atoms with Gasteiger partial charge in [-0.15, -0.1) is 10.2 Å². The van der Waals surface area contributed by atoms with E-state index in [0.29, 0.717) is 62.1 Å². The Balaban J connectivity index is 1.48. The molecule has 11 nitrogen and oxygen atoms in total. The van der Waals surface area contributed by atoms with Crippen molar-refractivity contribution in [2.24, 2.45) is 7.05 Å². The van der Waals surface area contributed by atoms with Crippen molar-refractivity contribution >= 4 is 12.0 Å². The van der Waals surface area contributed by atoms with E-state index in [1.54, 1.807) is 35.2 Å². The average Bonchev–Trinajstić information content (AvgIpc) is 3.53. The van der Waals surface area contributed by atoms with Gasteiger partial charge in [-0.25, -0.2) is 4.79 Å². The van der Waals surface area contributed by atoms with Gasteiger partial charge < -0.3 is 14.1 Å². The molecule has 0 atom stereocenters. The zero-order valence-corrected chi connectivity index (χ0v) is 17.4. The van der Waals surface area contributed by atoms with Gasteiger partial charge in [0.15, 0.2) is 17.4 Å². The first-order chi connectivity index (χ1) is 15.0. The Labute approximate surface area is 178 Å². The molecule has 31 heavy (non-hydrogen) atoms. The van der Waals surface area contributed by atoms with E-state index in [4.69, 9.17) is 9.15 Å². The number of methoxy groups -OCH3 is 1. The molecule has 0 aromatic carbocycles. The third-order valence-electron chi connectivity index (χ3n) is 6.22. The molecule has 0 unspecified atom stereocenters. The monoisotopic (exact) mass is 425 g/mol. The van der Waals surface area contributed by atoms with Crippen LogP contribution in [0.1, 0.15) is 29.2 Å². The van der Waals surface area contributed by atoms with Crippen molar-refractivity contribution in [1.29, 1.82) is 0 Å². The van der Waals surface area contributed by atoms with Crippen molar-refractivity contribution in [2.45, 2.75) is 24.9 Å². The zero-order valence-electron chi connectivity index (χ0n) is 17.4. The molecule has 1 spiro atoms. The number of likely N-dealkylation sites (tertiary alicyclic amines) is 1. The quantitative estimate of drug-likeness (QED) is 0.611. The number of hydrogen-bond donors (Lipinski definition) is 0. The summed E-state index contributed by atoms with van der Waals surface area (Å²) >= 11 is 0. The molecule has 2 aliphatic heterocycles. The Hall–Kier alpha value is -3.63. The van der Waals surface area contributed by atoms with E-state index in [-0.39, 0.29) is 5.91 Å². The SMILES string of the molecule is COC(=O)N1Cc2nnc(-c3ccco3)n2C2(CCN(C(=O)c3ccnn3C)CC2)C1. The summed E-state index contributed by atoms with van der Waals surface area (Å²) in [5.41, 5.74) is 0.0911. The molecule has 2 amide bonds. The van der Waals surface area contributed by atoms with Crippen molar-refractivity contribution in [3.63, 3.8) is 0 Å². The molecule has 0 aliphatic carbocycles. The number of hydrogen-bond acceptors (Lipinski definition) is 7. The maximum absolute atomic E-state index is 13.0. The summed E-state index contributed by atoms with van der Waals surface area (Å²) in [6.07, 6.45) is 4.10. The third-order valence-corrected chi connectivity index (χ3v) is 6.22. The number of aryl methyl sites for hydroxylation is 1. The molecule has 3 aromatic rings. The van der Waals surface area contributed by atoms with Crippen LogP contribution in [0, 0.1) is 0 Å². The minimum Gasteiger partial charge on any atom is -0.461 e. The van der Waals surface area contributed by atoms with Gasteiger partial charge in [0.05, 0.1) is 25.5 Å². The van der Waals surface area contributed by atoms with E-state index in [2.05, 4.69) is 19.9 Å². The first-order valence-electron chi connectivity index (χ1n) is 10.1. The summed E-state index contributed by atoms with van der Waals surface area (Å²) in [6.45, 7) is 1.83. The number of fused-ring (bicyclic) bond motifs is 2. The minimum absolute atomic E-state index is 0.0503. The number of aromatic nitrogens is 5. The zero-order chi connectivity index (χ0) is 21.6. The maximum Gasteiger partial charge on any atom is 0.409 e. The van der Waals surface area contributed by atoms with E-state index in [1.807, 2.05) is 17.0 Å². The lowest BCUT2D eigenvalue weighted by atomic mass is 9.84. The number of amides is 2. The van der Waals surface area contributed by atoms with Gasteiger partial charge >= 0.3 is 6.09 Å². The lowest BCUT2D eigenvalue weighted by Crippen LogP contribution is -2.57. The van der Waals surface area contributed by atoms with Crippen LogP contribution < -0.4 is 0 Å². The van der Waals surface area contributed by atoms with Crippen LogP contribution in [0.3, 0.4) is 0 Å². The summed E-state index contributed by atoms with van der Waals surface area (Å²) in [7, 11) is 3.13. The summed E-state index contributed by atoms with van der Waals surface area (Å²) in [5, 5.41) is 12.8. The van der Waals surface area contributed by atoms with Crippen LogP contribution >= 0.6 is 0 Å². The molecule has 0 saturated carbocycles. The first-order valence-corrected chi connectivity index (χ1v) is 10.1. The molecular formula is C20H23N7O4. The highest BCUT2D eigenvalue weighted by Crippen LogP contribution is 2.39. The number of carbonyl (C=O) groups excluding carboxylic acids is 2. The molecule has 5 heterocycles. The van der Waals surface area contributed by atoms with Crippen molar-refractivity contribution < 1.29 is 18.7 Å². The Kier molecular flexibility index (Phi) is 4.53. The molecule has 162 valence electrons. The van der Waals surface area contributed by atoms with Gasteiger partial charge in [0.2, 0.25) is 0 Å². The van der Waals surface area contributed by atoms with Crippen LogP contribution in [-0.4, -0.2) is 73.1 Å². The molecule has 0 N–H and O–H groups in total. The van der Waals surface area contributed by atoms with E-state index in [1.165, 1.54) is 7.11 Å². The molecule has 1 fully saturated rings. The molecule has 11 heteroatoms. The van der Waals surface area contributed by atoms with Crippen LogP contribution in [0.4, 0.5) is 4.79 Å². The largest absolute Gasteiger partial charge is 0.461 e. The highest BCUT2D eigenvalue weighted by Gasteiger charge is 2.47. The summed E-state index contributed by atoms with van der Waals surface area (Å²) in [5.74, 6) is 1.88. The van der Waals surface area contributed by atoms with Crippen LogP contribution in [0.5, 0.6) is 0 Å². The summed E-state index contributed by atoms with van der Waals surface area (Å²) < 4.78 is 14.2. The fourth-order valence-corrected chi connectivity index (χ4v) is 4.65. The second kappa shape index (κ2) is 7.25. The molecule has 3 aromatic heterocycles. The minimum atomic E-state index is -0.462. The highest BCUT2D eigenvalue weighted by molar-refractivity contribution is 5.92. The Morgan fingerprint density at radius 2 is 1.97 bits per heavy atom. The van der Waals surface area contributed by atoms with E-state index >= 15 is 0 Å². The number of carbonyl (C=O) groups is 2. The summed E-state index contributed by atoms with van der Waals surface area (Å²) in [6, 6.07) is 5.38. The van der Waals surface area contributed by atoms with Crippen molar-refractivity contribution in [3.8, 4) is 11.6 Å². The number of furan rings is 1. The van der Waals surface area contributed by atoms with E-state index < -0.39 is 11.6 Å². The summed E-state index contributed by atoms with van der Waals surface area (Å²) in [4.78, 5) is 28.8. The normalized spacial score (nSPS) is 17.6. The molecule has 2 aliphatic rings. The Morgan fingerprint density at radius 3 is 2.61 bits per heavy atom. The lowest BCUT2D eigenvalue weighted by Gasteiger charge is -2.48. The van der Waals surface area contributed by atoms with Gasteiger partial charge in [0, 0.05) is 32.9 Å². The van der Waals surface area contributed by atoms with Crippen LogP contribution in [0.2, 0.25) is 0 Å². The van der Waals surface area contributed by atoms with Crippen LogP contribution in [-0.2, 0) is 23.9 Å². The van der Waals surface area contributed by atoms with Gasteiger partial charge in [0.25, 0.3) is 5.91 Å². The lowest BCUT2D eigenvalue weighted by molar-refractivity contribution is 0.0310. The second-order valence-electron chi connectivity index (χ2n) is 7.94. The van der Waals surface area contributed by atoms with Crippen molar-refractivity contribution in [3.05, 3.63) is 42.2 Å². The Bertz CT molecular complexity index is 1110.